The number of hydrogen-bond acceptors (Lipinski definition) is 4. The summed E-state index contributed by atoms with van der Waals surface area (Å²) >= 11 is 0. The van der Waals surface area contributed by atoms with E-state index < -0.39 is 0 Å². The molecule has 2 saturated heterocycles. The zero-order valence-electron chi connectivity index (χ0n) is 17.8. The zero-order chi connectivity index (χ0) is 21.1. The summed E-state index contributed by atoms with van der Waals surface area (Å²) in [4.78, 5) is 27.1. The maximum Gasteiger partial charge on any atom is 0.254 e. The first-order chi connectivity index (χ1) is 14.4. The summed E-state index contributed by atoms with van der Waals surface area (Å²) in [6, 6.07) is 8.23. The molecule has 1 atom stereocenters. The van der Waals surface area contributed by atoms with Crippen molar-refractivity contribution in [2.24, 2.45) is 7.05 Å². The highest BCUT2D eigenvalue weighted by Crippen LogP contribution is 2.35. The molecule has 2 aliphatic heterocycles. The topological polar surface area (TPSA) is 76.5 Å². The lowest BCUT2D eigenvalue weighted by Crippen LogP contribution is -2.54. The van der Waals surface area contributed by atoms with Crippen molar-refractivity contribution in [1.82, 2.24) is 20.0 Å². The molecule has 1 aromatic carbocycles. The average molecular weight is 411 g/mol. The van der Waals surface area contributed by atoms with Crippen molar-refractivity contribution in [1.29, 1.82) is 0 Å². The van der Waals surface area contributed by atoms with Crippen LogP contribution in [0.1, 0.15) is 47.2 Å². The zero-order valence-corrected chi connectivity index (χ0v) is 17.8. The molecule has 30 heavy (non-hydrogen) atoms. The fourth-order valence-corrected chi connectivity index (χ4v) is 4.46. The van der Waals surface area contributed by atoms with Crippen molar-refractivity contribution in [2.75, 3.05) is 19.7 Å². The molecule has 0 radical (unpaired) electrons. The highest BCUT2D eigenvalue weighted by atomic mass is 16.5. The molecular formula is C23H30N4O3. The van der Waals surface area contributed by atoms with E-state index in [1.807, 2.05) is 36.1 Å². The number of ether oxygens (including phenoxy) is 1. The highest BCUT2D eigenvalue weighted by molar-refractivity contribution is 5.93. The molecule has 0 unspecified atom stereocenters. The van der Waals surface area contributed by atoms with E-state index in [0.717, 1.165) is 31.2 Å². The second kappa shape index (κ2) is 8.60. The summed E-state index contributed by atoms with van der Waals surface area (Å²) in [6.07, 6.45) is 6.98. The van der Waals surface area contributed by atoms with Gasteiger partial charge in [0.2, 0.25) is 5.91 Å². The van der Waals surface area contributed by atoms with Crippen LogP contribution in [0, 0.1) is 6.92 Å². The number of carbonyl (C=O) groups is 2. The molecule has 2 aliphatic rings. The van der Waals surface area contributed by atoms with Gasteiger partial charge in [0.05, 0.1) is 23.8 Å². The number of carbonyl (C=O) groups excluding carboxylic acids is 2. The number of nitrogens with one attached hydrogen (secondary N) is 1. The van der Waals surface area contributed by atoms with Gasteiger partial charge in [-0.15, -0.1) is 0 Å². The number of piperidine rings is 1. The Labute approximate surface area is 177 Å². The predicted molar refractivity (Wildman–Crippen MR) is 113 cm³/mol. The van der Waals surface area contributed by atoms with Crippen LogP contribution in [0.3, 0.4) is 0 Å². The Bertz CT molecular complexity index is 897. The monoisotopic (exact) mass is 410 g/mol. The van der Waals surface area contributed by atoms with Gasteiger partial charge in [-0.1, -0.05) is 29.8 Å². The van der Waals surface area contributed by atoms with Gasteiger partial charge in [-0.05, 0) is 38.2 Å². The molecule has 1 aromatic heterocycles. The van der Waals surface area contributed by atoms with Gasteiger partial charge in [-0.25, -0.2) is 0 Å². The molecule has 7 nitrogen and oxygen atoms in total. The SMILES string of the molecule is Cc1ccc(CC(=O)N2CCC3(CC2)C[C@H](NC(=O)c2cnn(C)c2)CCO3)cc1. The van der Waals surface area contributed by atoms with Crippen molar-refractivity contribution in [2.45, 2.75) is 50.7 Å². The number of hydrogen-bond donors (Lipinski definition) is 1. The molecule has 0 saturated carbocycles. The van der Waals surface area contributed by atoms with E-state index in [-0.39, 0.29) is 23.5 Å². The lowest BCUT2D eigenvalue weighted by molar-refractivity contribution is -0.143. The van der Waals surface area contributed by atoms with E-state index in [2.05, 4.69) is 10.4 Å². The number of likely N-dealkylation sites (tertiary alicyclic amines) is 1. The smallest absolute Gasteiger partial charge is 0.254 e. The van der Waals surface area contributed by atoms with Gasteiger partial charge in [-0.3, -0.25) is 14.3 Å². The summed E-state index contributed by atoms with van der Waals surface area (Å²) in [6.45, 7) is 4.09. The molecule has 2 fully saturated rings. The third-order valence-electron chi connectivity index (χ3n) is 6.30. The Morgan fingerprint density at radius 1 is 1.23 bits per heavy atom. The minimum atomic E-state index is -0.244. The van der Waals surface area contributed by atoms with Crippen LogP contribution in [0.5, 0.6) is 0 Å². The van der Waals surface area contributed by atoms with E-state index in [9.17, 15) is 9.59 Å². The van der Waals surface area contributed by atoms with Gasteiger partial charge in [-0.2, -0.15) is 5.10 Å². The second-order valence-corrected chi connectivity index (χ2v) is 8.64. The number of aryl methyl sites for hydroxylation is 2. The summed E-state index contributed by atoms with van der Waals surface area (Å²) in [5, 5.41) is 7.21. The second-order valence-electron chi connectivity index (χ2n) is 8.64. The van der Waals surface area contributed by atoms with Gasteiger partial charge in [0, 0.05) is 39.0 Å². The Morgan fingerprint density at radius 2 is 1.97 bits per heavy atom. The van der Waals surface area contributed by atoms with Gasteiger partial charge in [0.15, 0.2) is 0 Å². The van der Waals surface area contributed by atoms with Gasteiger partial charge < -0.3 is 15.0 Å². The number of benzene rings is 1. The van der Waals surface area contributed by atoms with Crippen LogP contribution in [0.15, 0.2) is 36.7 Å². The third kappa shape index (κ3) is 4.73. The number of aromatic nitrogens is 2. The molecule has 0 aliphatic carbocycles. The van der Waals surface area contributed by atoms with E-state index in [1.54, 1.807) is 24.1 Å². The summed E-state index contributed by atoms with van der Waals surface area (Å²) in [7, 11) is 1.80. The molecule has 2 amide bonds. The maximum absolute atomic E-state index is 12.7. The van der Waals surface area contributed by atoms with E-state index in [0.29, 0.717) is 31.7 Å². The minimum absolute atomic E-state index is 0.0845. The van der Waals surface area contributed by atoms with Crippen molar-refractivity contribution >= 4 is 11.8 Å². The van der Waals surface area contributed by atoms with E-state index >= 15 is 0 Å². The van der Waals surface area contributed by atoms with Gasteiger partial charge in [0.1, 0.15) is 0 Å². The lowest BCUT2D eigenvalue weighted by Gasteiger charge is -2.46. The molecule has 0 bridgehead atoms. The van der Waals surface area contributed by atoms with Crippen molar-refractivity contribution < 1.29 is 14.3 Å². The van der Waals surface area contributed by atoms with Crippen molar-refractivity contribution in [3.63, 3.8) is 0 Å². The van der Waals surface area contributed by atoms with E-state index in [4.69, 9.17) is 4.74 Å². The average Bonchev–Trinajstić information content (AvgIpc) is 3.17. The van der Waals surface area contributed by atoms with E-state index in [1.165, 1.54) is 5.56 Å². The molecule has 1 spiro atoms. The molecule has 1 N–H and O–H groups in total. The lowest BCUT2D eigenvalue weighted by atomic mass is 9.82. The summed E-state index contributed by atoms with van der Waals surface area (Å²) < 4.78 is 7.81. The minimum Gasteiger partial charge on any atom is -0.375 e. The number of rotatable bonds is 4. The number of nitrogens with zero attached hydrogens (tertiary/aromatic N) is 3. The van der Waals surface area contributed by atoms with Crippen LogP contribution in [0.4, 0.5) is 0 Å². The Morgan fingerprint density at radius 3 is 2.63 bits per heavy atom. The number of amides is 2. The van der Waals surface area contributed by atoms with Crippen LogP contribution in [-0.4, -0.2) is 57.8 Å². The molecule has 2 aromatic rings. The van der Waals surface area contributed by atoms with Crippen molar-refractivity contribution in [3.8, 4) is 0 Å². The molecule has 3 heterocycles. The normalized spacial score (nSPS) is 20.9. The highest BCUT2D eigenvalue weighted by Gasteiger charge is 2.41. The Balaban J connectivity index is 1.30. The Hall–Kier alpha value is -2.67. The fraction of sp³-hybridized carbons (Fsp3) is 0.522. The summed E-state index contributed by atoms with van der Waals surface area (Å²) in [5.74, 6) is 0.0850. The molecular weight excluding hydrogens is 380 g/mol. The fourth-order valence-electron chi connectivity index (χ4n) is 4.46. The largest absolute Gasteiger partial charge is 0.375 e. The van der Waals surface area contributed by atoms with Crippen LogP contribution in [-0.2, 0) is 23.0 Å². The van der Waals surface area contributed by atoms with Crippen LogP contribution >= 0.6 is 0 Å². The van der Waals surface area contributed by atoms with Gasteiger partial charge >= 0.3 is 0 Å². The first-order valence-corrected chi connectivity index (χ1v) is 10.7. The first-order valence-electron chi connectivity index (χ1n) is 10.7. The van der Waals surface area contributed by atoms with Crippen molar-refractivity contribution in [3.05, 3.63) is 53.3 Å². The predicted octanol–water partition coefficient (Wildman–Crippen LogP) is 2.24. The van der Waals surface area contributed by atoms with Crippen LogP contribution in [0.2, 0.25) is 0 Å². The Kier molecular flexibility index (Phi) is 5.90. The van der Waals surface area contributed by atoms with Crippen LogP contribution < -0.4 is 5.32 Å². The summed E-state index contributed by atoms with van der Waals surface area (Å²) in [5.41, 5.74) is 2.59. The molecule has 7 heteroatoms. The third-order valence-corrected chi connectivity index (χ3v) is 6.30. The standard InChI is InChI=1S/C23H30N4O3/c1-17-3-5-18(6-4-17)13-21(28)27-10-8-23(9-11-27)14-20(7-12-30-23)25-22(29)19-15-24-26(2)16-19/h3-6,15-16,20H,7-14H2,1-2H3,(H,25,29)/t20-/m1/s1. The van der Waals surface area contributed by atoms with Crippen LogP contribution in [0.25, 0.3) is 0 Å². The first kappa shape index (κ1) is 20.6. The molecule has 160 valence electrons. The van der Waals surface area contributed by atoms with Gasteiger partial charge in [0.25, 0.3) is 5.91 Å². The maximum atomic E-state index is 12.7. The molecule has 4 rings (SSSR count). The quantitative estimate of drug-likeness (QED) is 0.839.